The molecule has 0 atom stereocenters. The zero-order valence-electron chi connectivity index (χ0n) is 10.1. The third kappa shape index (κ3) is 2.47. The monoisotopic (exact) mass is 256 g/mol. The second-order valence-electron chi connectivity index (χ2n) is 4.12. The first-order chi connectivity index (χ1) is 9.33. The van der Waals surface area contributed by atoms with E-state index in [0.717, 1.165) is 5.39 Å². The molecule has 0 aliphatic carbocycles. The molecule has 3 rings (SSSR count). The summed E-state index contributed by atoms with van der Waals surface area (Å²) in [5.41, 5.74) is -0.0971. The van der Waals surface area contributed by atoms with Gasteiger partial charge in [-0.25, -0.2) is 0 Å². The van der Waals surface area contributed by atoms with Gasteiger partial charge in [0, 0.05) is 18.4 Å². The fourth-order valence-corrected chi connectivity index (χ4v) is 1.92. The van der Waals surface area contributed by atoms with Crippen LogP contribution in [0.5, 0.6) is 0 Å². The van der Waals surface area contributed by atoms with Gasteiger partial charge in [0.25, 0.3) is 5.56 Å². The van der Waals surface area contributed by atoms with E-state index in [1.807, 2.05) is 24.3 Å². The summed E-state index contributed by atoms with van der Waals surface area (Å²) in [5.74, 6) is 1.32. The van der Waals surface area contributed by atoms with Gasteiger partial charge < -0.3 is 14.8 Å². The Labute approximate surface area is 108 Å². The number of H-pyrrole nitrogens is 1. The molecule has 0 saturated heterocycles. The first kappa shape index (κ1) is 11.5. The number of nitrogens with zero attached hydrogens (tertiary/aromatic N) is 2. The number of fused-ring (bicyclic) bond motifs is 1. The van der Waals surface area contributed by atoms with Crippen molar-refractivity contribution < 1.29 is 4.52 Å². The number of nitrogens with one attached hydrogen (secondary N) is 2. The highest BCUT2D eigenvalue weighted by Gasteiger charge is 2.02. The Kier molecular flexibility index (Phi) is 2.97. The number of hydrogen-bond acceptors (Lipinski definition) is 5. The maximum Gasteiger partial charge on any atom is 0.257 e. The van der Waals surface area contributed by atoms with Crippen LogP contribution in [0.25, 0.3) is 10.8 Å². The lowest BCUT2D eigenvalue weighted by molar-refractivity contribution is 0.410. The van der Waals surface area contributed by atoms with Gasteiger partial charge in [0.05, 0.1) is 0 Å². The molecule has 19 heavy (non-hydrogen) atoms. The number of rotatable bonds is 4. The number of aromatic amines is 1. The third-order valence-electron chi connectivity index (χ3n) is 2.82. The Morgan fingerprint density at radius 1 is 1.32 bits per heavy atom. The first-order valence-corrected chi connectivity index (χ1v) is 5.94. The van der Waals surface area contributed by atoms with E-state index in [9.17, 15) is 4.79 Å². The van der Waals surface area contributed by atoms with E-state index in [1.54, 1.807) is 6.07 Å². The Hall–Kier alpha value is -2.63. The molecule has 96 valence electrons. The van der Waals surface area contributed by atoms with Crippen LogP contribution in [0, 0.1) is 0 Å². The van der Waals surface area contributed by atoms with Gasteiger partial charge >= 0.3 is 0 Å². The van der Waals surface area contributed by atoms with Gasteiger partial charge in [-0.3, -0.25) is 4.79 Å². The molecule has 0 aliphatic heterocycles. The van der Waals surface area contributed by atoms with E-state index < -0.39 is 0 Å². The van der Waals surface area contributed by atoms with Gasteiger partial charge in [0.15, 0.2) is 5.82 Å². The number of hydrogen-bond donors (Lipinski definition) is 2. The highest BCUT2D eigenvalue weighted by atomic mass is 16.5. The van der Waals surface area contributed by atoms with Crippen LogP contribution in [0.1, 0.15) is 5.82 Å². The number of aromatic nitrogens is 3. The zero-order valence-corrected chi connectivity index (χ0v) is 10.1. The molecule has 6 heteroatoms. The van der Waals surface area contributed by atoms with Gasteiger partial charge in [0.1, 0.15) is 5.82 Å². The average molecular weight is 256 g/mol. The minimum absolute atomic E-state index is 0.0971. The normalized spacial score (nSPS) is 10.7. The molecule has 0 aliphatic rings. The van der Waals surface area contributed by atoms with Crippen molar-refractivity contribution >= 4 is 16.6 Å². The van der Waals surface area contributed by atoms with E-state index >= 15 is 0 Å². The molecule has 0 fully saturated rings. The van der Waals surface area contributed by atoms with Crippen LogP contribution in [0.4, 0.5) is 5.82 Å². The quantitative estimate of drug-likeness (QED) is 0.740. The Balaban J connectivity index is 1.76. The molecular formula is C13H12N4O2. The van der Waals surface area contributed by atoms with Gasteiger partial charge in [-0.2, -0.15) is 4.98 Å². The van der Waals surface area contributed by atoms with Crippen LogP contribution in [-0.4, -0.2) is 21.7 Å². The zero-order chi connectivity index (χ0) is 13.1. The Morgan fingerprint density at radius 2 is 2.21 bits per heavy atom. The molecule has 6 nitrogen and oxygen atoms in total. The summed E-state index contributed by atoms with van der Waals surface area (Å²) in [5, 5.41) is 8.45. The predicted octanol–water partition coefficient (Wildman–Crippen LogP) is 1.57. The lowest BCUT2D eigenvalue weighted by Gasteiger charge is -2.05. The molecule has 0 spiro atoms. The second-order valence-corrected chi connectivity index (χ2v) is 4.12. The summed E-state index contributed by atoms with van der Waals surface area (Å²) in [6.07, 6.45) is 1.93. The van der Waals surface area contributed by atoms with Crippen molar-refractivity contribution in [2.45, 2.75) is 6.42 Å². The summed E-state index contributed by atoms with van der Waals surface area (Å²) in [4.78, 5) is 18.6. The van der Waals surface area contributed by atoms with E-state index in [4.69, 9.17) is 0 Å². The molecule has 0 saturated carbocycles. The van der Waals surface area contributed by atoms with Crippen LogP contribution in [0.3, 0.4) is 0 Å². The van der Waals surface area contributed by atoms with Crippen molar-refractivity contribution in [1.29, 1.82) is 0 Å². The summed E-state index contributed by atoms with van der Waals surface area (Å²) < 4.78 is 4.65. The number of benzene rings is 1. The molecule has 0 unspecified atom stereocenters. The van der Waals surface area contributed by atoms with Crippen LogP contribution in [0.2, 0.25) is 0 Å². The second kappa shape index (κ2) is 4.93. The van der Waals surface area contributed by atoms with Crippen molar-refractivity contribution in [3.8, 4) is 0 Å². The van der Waals surface area contributed by atoms with Crippen molar-refractivity contribution in [2.24, 2.45) is 0 Å². The van der Waals surface area contributed by atoms with Gasteiger partial charge in [-0.05, 0) is 17.5 Å². The molecule has 0 radical (unpaired) electrons. The maximum atomic E-state index is 11.9. The Morgan fingerprint density at radius 3 is 3.05 bits per heavy atom. The van der Waals surface area contributed by atoms with Crippen LogP contribution < -0.4 is 10.9 Å². The maximum absolute atomic E-state index is 11.9. The largest absolute Gasteiger partial charge is 0.371 e. The van der Waals surface area contributed by atoms with E-state index in [0.29, 0.717) is 30.0 Å². The first-order valence-electron chi connectivity index (χ1n) is 5.94. The molecule has 2 heterocycles. The lowest BCUT2D eigenvalue weighted by Crippen LogP contribution is -2.13. The SMILES string of the molecule is O=c1[nH]c(NCCc2ncon2)cc2ccccc12. The van der Waals surface area contributed by atoms with Crippen LogP contribution in [0.15, 0.2) is 46.0 Å². The molecule has 0 amide bonds. The average Bonchev–Trinajstić information content (AvgIpc) is 2.92. The fraction of sp³-hybridized carbons (Fsp3) is 0.154. The molecule has 3 aromatic rings. The van der Waals surface area contributed by atoms with E-state index in [-0.39, 0.29) is 5.56 Å². The summed E-state index contributed by atoms with van der Waals surface area (Å²) in [6, 6.07) is 9.38. The topological polar surface area (TPSA) is 83.8 Å². The highest BCUT2D eigenvalue weighted by molar-refractivity contribution is 5.83. The van der Waals surface area contributed by atoms with Crippen molar-refractivity contribution in [2.75, 3.05) is 11.9 Å². The van der Waals surface area contributed by atoms with Crippen LogP contribution in [-0.2, 0) is 6.42 Å². The minimum Gasteiger partial charge on any atom is -0.371 e. The van der Waals surface area contributed by atoms with Crippen molar-refractivity contribution in [3.63, 3.8) is 0 Å². The molecular weight excluding hydrogens is 244 g/mol. The summed E-state index contributed by atoms with van der Waals surface area (Å²) in [7, 11) is 0. The third-order valence-corrected chi connectivity index (χ3v) is 2.82. The summed E-state index contributed by atoms with van der Waals surface area (Å²) >= 11 is 0. The molecule has 2 N–H and O–H groups in total. The molecule has 2 aromatic heterocycles. The van der Waals surface area contributed by atoms with Gasteiger partial charge in [0.2, 0.25) is 6.39 Å². The number of pyridine rings is 1. The van der Waals surface area contributed by atoms with E-state index in [2.05, 4.69) is 25.0 Å². The minimum atomic E-state index is -0.0971. The van der Waals surface area contributed by atoms with Crippen molar-refractivity contribution in [3.05, 3.63) is 52.9 Å². The fourth-order valence-electron chi connectivity index (χ4n) is 1.92. The Bertz CT molecular complexity index is 734. The van der Waals surface area contributed by atoms with Crippen molar-refractivity contribution in [1.82, 2.24) is 15.1 Å². The molecule has 0 bridgehead atoms. The predicted molar refractivity (Wildman–Crippen MR) is 71.1 cm³/mol. The number of anilines is 1. The standard InChI is InChI=1S/C13H12N4O2/c18-13-10-4-2-1-3-9(10)7-12(16-13)14-6-5-11-15-8-19-17-11/h1-4,7-8H,5-6H2,(H2,14,16,18). The smallest absolute Gasteiger partial charge is 0.257 e. The van der Waals surface area contributed by atoms with Crippen LogP contribution >= 0.6 is 0 Å². The highest BCUT2D eigenvalue weighted by Crippen LogP contribution is 2.12. The summed E-state index contributed by atoms with van der Waals surface area (Å²) in [6.45, 7) is 0.619. The van der Waals surface area contributed by atoms with Gasteiger partial charge in [-0.1, -0.05) is 23.4 Å². The van der Waals surface area contributed by atoms with E-state index in [1.165, 1.54) is 6.39 Å². The van der Waals surface area contributed by atoms with Gasteiger partial charge in [-0.15, -0.1) is 0 Å². The molecule has 1 aromatic carbocycles. The lowest BCUT2D eigenvalue weighted by atomic mass is 10.2.